The molecule has 0 aliphatic carbocycles. The highest BCUT2D eigenvalue weighted by molar-refractivity contribution is 6.29. The third-order valence-electron chi connectivity index (χ3n) is 4.26. The van der Waals surface area contributed by atoms with Crippen LogP contribution in [0.15, 0.2) is 42.5 Å². The third kappa shape index (κ3) is 3.12. The minimum Gasteiger partial charge on any atom is -0.497 e. The molecule has 0 fully saturated rings. The molecule has 132 valence electrons. The topological polar surface area (TPSA) is 67.0 Å². The number of hydrogen-bond acceptors (Lipinski definition) is 3. The molecule has 0 saturated heterocycles. The molecule has 6 heteroatoms. The standard InChI is InChI=1S/C20H18ClN3O2/c1-3-24-18-9-8-15(26-2)10-16(18)17(12-22)20(24)13-4-6-14(7-5-13)23-19(25)11-21/h4-10H,3,11H2,1-2H3,(H,23,25). The summed E-state index contributed by atoms with van der Waals surface area (Å²) < 4.78 is 7.41. The second-order valence-electron chi connectivity index (χ2n) is 5.72. The van der Waals surface area contributed by atoms with Crippen LogP contribution in [-0.2, 0) is 11.3 Å². The molecule has 0 saturated carbocycles. The van der Waals surface area contributed by atoms with Crippen LogP contribution in [0, 0.1) is 11.3 Å². The van der Waals surface area contributed by atoms with E-state index in [1.807, 2.05) is 37.3 Å². The minimum absolute atomic E-state index is 0.0910. The Hall–Kier alpha value is -2.97. The van der Waals surface area contributed by atoms with Gasteiger partial charge in [0.05, 0.1) is 23.9 Å². The lowest BCUT2D eigenvalue weighted by atomic mass is 10.1. The monoisotopic (exact) mass is 367 g/mol. The molecule has 0 unspecified atom stereocenters. The van der Waals surface area contributed by atoms with Crippen molar-refractivity contribution in [3.8, 4) is 23.1 Å². The molecule has 0 aliphatic rings. The summed E-state index contributed by atoms with van der Waals surface area (Å²) in [5.41, 5.74) is 4.02. The first kappa shape index (κ1) is 17.8. The number of aromatic nitrogens is 1. The van der Waals surface area contributed by atoms with E-state index in [2.05, 4.69) is 16.0 Å². The number of rotatable bonds is 5. The number of carbonyl (C=O) groups excluding carboxylic acids is 1. The summed E-state index contributed by atoms with van der Waals surface area (Å²) >= 11 is 5.52. The lowest BCUT2D eigenvalue weighted by molar-refractivity contribution is -0.113. The smallest absolute Gasteiger partial charge is 0.239 e. The number of anilines is 1. The summed E-state index contributed by atoms with van der Waals surface area (Å²) in [6.45, 7) is 2.77. The molecule has 1 heterocycles. The van der Waals surface area contributed by atoms with Crippen molar-refractivity contribution in [2.24, 2.45) is 0 Å². The normalized spacial score (nSPS) is 10.5. The first-order valence-corrected chi connectivity index (χ1v) is 8.73. The van der Waals surface area contributed by atoms with Gasteiger partial charge < -0.3 is 14.6 Å². The lowest BCUT2D eigenvalue weighted by Gasteiger charge is -2.10. The molecule has 1 aromatic heterocycles. The lowest BCUT2D eigenvalue weighted by Crippen LogP contribution is -2.12. The summed E-state index contributed by atoms with van der Waals surface area (Å²) in [6, 6.07) is 15.5. The van der Waals surface area contributed by atoms with Crippen LogP contribution in [0.5, 0.6) is 5.75 Å². The molecular weight excluding hydrogens is 350 g/mol. The first-order valence-electron chi connectivity index (χ1n) is 8.19. The zero-order chi connectivity index (χ0) is 18.7. The molecule has 26 heavy (non-hydrogen) atoms. The second-order valence-corrected chi connectivity index (χ2v) is 5.99. The van der Waals surface area contributed by atoms with Crippen molar-refractivity contribution >= 4 is 34.1 Å². The molecule has 0 radical (unpaired) electrons. The fourth-order valence-electron chi connectivity index (χ4n) is 3.11. The number of ether oxygens (including phenoxy) is 1. The molecule has 3 aromatic rings. The van der Waals surface area contributed by atoms with Crippen molar-refractivity contribution < 1.29 is 9.53 Å². The van der Waals surface area contributed by atoms with Gasteiger partial charge in [0.25, 0.3) is 0 Å². The number of alkyl halides is 1. The minimum atomic E-state index is -0.258. The van der Waals surface area contributed by atoms with Gasteiger partial charge in [0.1, 0.15) is 17.7 Å². The summed E-state index contributed by atoms with van der Waals surface area (Å²) in [4.78, 5) is 11.4. The largest absolute Gasteiger partial charge is 0.497 e. The van der Waals surface area contributed by atoms with Crippen molar-refractivity contribution in [1.82, 2.24) is 4.57 Å². The van der Waals surface area contributed by atoms with Crippen LogP contribution in [-0.4, -0.2) is 23.5 Å². The number of carbonyl (C=O) groups is 1. The van der Waals surface area contributed by atoms with Crippen LogP contribution in [0.4, 0.5) is 5.69 Å². The molecule has 1 amide bonds. The van der Waals surface area contributed by atoms with E-state index >= 15 is 0 Å². The highest BCUT2D eigenvalue weighted by Gasteiger charge is 2.18. The zero-order valence-electron chi connectivity index (χ0n) is 14.5. The van der Waals surface area contributed by atoms with Crippen LogP contribution < -0.4 is 10.1 Å². The number of nitrogens with zero attached hydrogens (tertiary/aromatic N) is 2. The van der Waals surface area contributed by atoms with Crippen LogP contribution in [0.25, 0.3) is 22.2 Å². The van der Waals surface area contributed by atoms with Gasteiger partial charge in [-0.25, -0.2) is 0 Å². The van der Waals surface area contributed by atoms with Crippen LogP contribution >= 0.6 is 11.6 Å². The number of benzene rings is 2. The quantitative estimate of drug-likeness (QED) is 0.680. The maximum absolute atomic E-state index is 11.4. The van der Waals surface area contributed by atoms with Gasteiger partial charge in [0.15, 0.2) is 0 Å². The highest BCUT2D eigenvalue weighted by atomic mass is 35.5. The Morgan fingerprint density at radius 2 is 2.00 bits per heavy atom. The number of amides is 1. The van der Waals surface area contributed by atoms with E-state index in [0.29, 0.717) is 17.0 Å². The molecule has 0 bridgehead atoms. The number of hydrogen-bond donors (Lipinski definition) is 1. The van der Waals surface area contributed by atoms with Crippen molar-refractivity contribution in [3.63, 3.8) is 0 Å². The Kier molecular flexibility index (Phi) is 5.15. The van der Waals surface area contributed by atoms with E-state index < -0.39 is 0 Å². The predicted octanol–water partition coefficient (Wildman–Crippen LogP) is 4.39. The maximum Gasteiger partial charge on any atom is 0.239 e. The molecule has 5 nitrogen and oxygen atoms in total. The van der Waals surface area contributed by atoms with Gasteiger partial charge in [0, 0.05) is 17.6 Å². The first-order chi connectivity index (χ1) is 12.6. The Bertz CT molecular complexity index is 1000. The Balaban J connectivity index is 2.15. The SMILES string of the molecule is CCn1c(-c2ccc(NC(=O)CCl)cc2)c(C#N)c2cc(OC)ccc21. The van der Waals surface area contributed by atoms with Gasteiger partial charge in [-0.3, -0.25) is 4.79 Å². The van der Waals surface area contributed by atoms with Crippen LogP contribution in [0.3, 0.4) is 0 Å². The molecule has 2 aromatic carbocycles. The Labute approximate surface area is 156 Å². The van der Waals surface area contributed by atoms with Gasteiger partial charge in [-0.1, -0.05) is 12.1 Å². The van der Waals surface area contributed by atoms with Crippen molar-refractivity contribution in [2.75, 3.05) is 18.3 Å². The maximum atomic E-state index is 11.4. The van der Waals surface area contributed by atoms with E-state index in [1.165, 1.54) is 0 Å². The molecule has 0 atom stereocenters. The number of aryl methyl sites for hydroxylation is 1. The molecule has 0 spiro atoms. The summed E-state index contributed by atoms with van der Waals surface area (Å²) in [7, 11) is 1.61. The number of nitriles is 1. The summed E-state index contributed by atoms with van der Waals surface area (Å²) in [5.74, 6) is 0.367. The fraction of sp³-hybridized carbons (Fsp3) is 0.200. The van der Waals surface area contributed by atoms with Gasteiger partial charge in [-0.05, 0) is 42.8 Å². The number of nitrogens with one attached hydrogen (secondary N) is 1. The number of methoxy groups -OCH3 is 1. The van der Waals surface area contributed by atoms with Crippen LogP contribution in [0.2, 0.25) is 0 Å². The third-order valence-corrected chi connectivity index (χ3v) is 4.50. The van der Waals surface area contributed by atoms with E-state index in [0.717, 1.165) is 28.7 Å². The molecule has 3 rings (SSSR count). The van der Waals surface area contributed by atoms with Gasteiger partial charge in [-0.2, -0.15) is 5.26 Å². The molecular formula is C20H18ClN3O2. The molecule has 0 aliphatic heterocycles. The summed E-state index contributed by atoms with van der Waals surface area (Å²) in [5, 5.41) is 13.4. The number of fused-ring (bicyclic) bond motifs is 1. The molecule has 1 N–H and O–H groups in total. The predicted molar refractivity (Wildman–Crippen MR) is 104 cm³/mol. The number of halogens is 1. The fourth-order valence-corrected chi connectivity index (χ4v) is 3.18. The second kappa shape index (κ2) is 7.51. The summed E-state index contributed by atoms with van der Waals surface area (Å²) in [6.07, 6.45) is 0. The van der Waals surface area contributed by atoms with E-state index in [1.54, 1.807) is 19.2 Å². The highest BCUT2D eigenvalue weighted by Crippen LogP contribution is 2.35. The van der Waals surface area contributed by atoms with Crippen LogP contribution in [0.1, 0.15) is 12.5 Å². The van der Waals surface area contributed by atoms with Crippen molar-refractivity contribution in [2.45, 2.75) is 13.5 Å². The van der Waals surface area contributed by atoms with Gasteiger partial charge in [0.2, 0.25) is 5.91 Å². The van der Waals surface area contributed by atoms with Gasteiger partial charge in [-0.15, -0.1) is 11.6 Å². The zero-order valence-corrected chi connectivity index (χ0v) is 15.3. The van der Waals surface area contributed by atoms with E-state index in [4.69, 9.17) is 16.3 Å². The Morgan fingerprint density at radius 1 is 1.27 bits per heavy atom. The Morgan fingerprint density at radius 3 is 2.58 bits per heavy atom. The van der Waals surface area contributed by atoms with E-state index in [-0.39, 0.29) is 11.8 Å². The van der Waals surface area contributed by atoms with Crippen molar-refractivity contribution in [3.05, 3.63) is 48.0 Å². The van der Waals surface area contributed by atoms with Crippen molar-refractivity contribution in [1.29, 1.82) is 5.26 Å². The van der Waals surface area contributed by atoms with Gasteiger partial charge >= 0.3 is 0 Å². The van der Waals surface area contributed by atoms with E-state index in [9.17, 15) is 10.1 Å². The average Bonchev–Trinajstić information content (AvgIpc) is 3.00. The average molecular weight is 368 g/mol.